The zero-order chi connectivity index (χ0) is 35.2. The first kappa shape index (κ1) is 41.3. The average Bonchev–Trinajstić information content (AvgIpc) is 3.06. The molecule has 2 fully saturated rings. The molecule has 1 unspecified atom stereocenters. The third-order valence-corrected chi connectivity index (χ3v) is 6.32. The number of carboxylic acid groups (broad SMARTS) is 3. The molecule has 2 aliphatic rings. The van der Waals surface area contributed by atoms with Crippen LogP contribution in [-0.4, -0.2) is 123 Å². The predicted octanol–water partition coefficient (Wildman–Crippen LogP) is 3.89. The minimum atomic E-state index is -5.08. The van der Waals surface area contributed by atoms with E-state index in [9.17, 15) is 44.3 Å². The molecule has 1 amide bonds. The summed E-state index contributed by atoms with van der Waals surface area (Å²) in [6, 6.07) is 4.16. The van der Waals surface area contributed by atoms with Crippen molar-refractivity contribution in [1.82, 2.24) is 19.7 Å². The number of carboxylic acids is 3. The third-order valence-electron chi connectivity index (χ3n) is 6.32. The van der Waals surface area contributed by atoms with Crippen LogP contribution in [0.2, 0.25) is 0 Å². The number of pyridine rings is 1. The van der Waals surface area contributed by atoms with E-state index in [2.05, 4.69) is 39.8 Å². The number of likely N-dealkylation sites (N-methyl/N-ethyl adjacent to an activating group) is 1. The molecule has 0 aliphatic carbocycles. The van der Waals surface area contributed by atoms with Crippen molar-refractivity contribution >= 4 is 23.8 Å². The lowest BCUT2D eigenvalue weighted by molar-refractivity contribution is -0.193. The highest BCUT2D eigenvalue weighted by molar-refractivity contribution is 5.79. The average molecular weight is 673 g/mol. The third kappa shape index (κ3) is 16.3. The molecular formula is C25H33F9N4O7. The van der Waals surface area contributed by atoms with Gasteiger partial charge in [0.25, 0.3) is 0 Å². The van der Waals surface area contributed by atoms with Crippen molar-refractivity contribution in [1.29, 1.82) is 0 Å². The Balaban J connectivity index is 0.000000753. The summed E-state index contributed by atoms with van der Waals surface area (Å²) >= 11 is 0. The Kier molecular flexibility index (Phi) is 16.3. The molecule has 0 bridgehead atoms. The van der Waals surface area contributed by atoms with Gasteiger partial charge in [0.1, 0.15) is 0 Å². The number of alkyl halides is 9. The number of rotatable bonds is 5. The van der Waals surface area contributed by atoms with E-state index in [1.807, 2.05) is 18.5 Å². The molecular weight excluding hydrogens is 639 g/mol. The van der Waals surface area contributed by atoms with Gasteiger partial charge in [-0.1, -0.05) is 6.07 Å². The van der Waals surface area contributed by atoms with E-state index in [0.29, 0.717) is 5.91 Å². The van der Waals surface area contributed by atoms with Crippen LogP contribution in [0.3, 0.4) is 0 Å². The van der Waals surface area contributed by atoms with Gasteiger partial charge in [-0.15, -0.1) is 0 Å². The molecule has 45 heavy (non-hydrogen) atoms. The van der Waals surface area contributed by atoms with Crippen LogP contribution in [0.5, 0.6) is 0 Å². The van der Waals surface area contributed by atoms with E-state index in [1.165, 1.54) is 12.0 Å². The molecule has 0 radical (unpaired) electrons. The van der Waals surface area contributed by atoms with Crippen LogP contribution in [-0.2, 0) is 25.7 Å². The normalized spacial score (nSPS) is 18.9. The molecule has 258 valence electrons. The summed E-state index contributed by atoms with van der Waals surface area (Å²) in [5.41, 5.74) is 1.39. The molecule has 1 aromatic heterocycles. The number of aromatic nitrogens is 1. The number of amides is 1. The lowest BCUT2D eigenvalue weighted by atomic mass is 9.87. The fourth-order valence-electron chi connectivity index (χ4n) is 4.20. The molecule has 3 heterocycles. The van der Waals surface area contributed by atoms with Crippen LogP contribution in [0.25, 0.3) is 0 Å². The number of carbonyl (C=O) groups is 4. The number of nitrogens with zero attached hydrogens (tertiary/aromatic N) is 4. The smallest absolute Gasteiger partial charge is 0.475 e. The molecule has 0 aromatic carbocycles. The van der Waals surface area contributed by atoms with Crippen LogP contribution in [0, 0.1) is 0 Å². The molecule has 1 atom stereocenters. The van der Waals surface area contributed by atoms with Crippen molar-refractivity contribution in [2.75, 3.05) is 40.3 Å². The van der Waals surface area contributed by atoms with Gasteiger partial charge in [-0.2, -0.15) is 39.5 Å². The first-order valence-electron chi connectivity index (χ1n) is 12.9. The summed E-state index contributed by atoms with van der Waals surface area (Å²) in [5.74, 6) is -7.91. The lowest BCUT2D eigenvalue weighted by Crippen LogP contribution is -2.48. The summed E-state index contributed by atoms with van der Waals surface area (Å²) in [4.78, 5) is 50.2. The summed E-state index contributed by atoms with van der Waals surface area (Å²) < 4.78 is 95.2. The zero-order valence-electron chi connectivity index (χ0n) is 24.0. The van der Waals surface area contributed by atoms with E-state index in [-0.39, 0.29) is 5.54 Å². The SMILES string of the molecule is CN(C)CCN1C(=O)CCC12CCCN(Cc1cccnc1)CC2.O=C(O)C(F)(F)F.O=C(O)C(F)(F)F.O=C(O)C(F)(F)F. The molecule has 0 saturated carbocycles. The molecule has 2 aliphatic heterocycles. The minimum absolute atomic E-state index is 0.108. The zero-order valence-corrected chi connectivity index (χ0v) is 24.0. The maximum Gasteiger partial charge on any atom is 0.490 e. The van der Waals surface area contributed by atoms with Gasteiger partial charge in [-0.05, 0) is 58.0 Å². The van der Waals surface area contributed by atoms with Gasteiger partial charge in [0.2, 0.25) is 5.91 Å². The Morgan fingerprint density at radius 2 is 1.36 bits per heavy atom. The molecule has 3 rings (SSSR count). The quantitative estimate of drug-likeness (QED) is 0.393. The Hall–Kier alpha value is -3.68. The maximum atomic E-state index is 12.4. The largest absolute Gasteiger partial charge is 0.490 e. The second-order valence-corrected chi connectivity index (χ2v) is 9.97. The van der Waals surface area contributed by atoms with Gasteiger partial charge < -0.3 is 25.1 Å². The Labute approximate surface area is 251 Å². The molecule has 3 N–H and O–H groups in total. The highest BCUT2D eigenvalue weighted by Crippen LogP contribution is 2.39. The molecule has 20 heteroatoms. The Morgan fingerprint density at radius 1 is 0.867 bits per heavy atom. The highest BCUT2D eigenvalue weighted by atomic mass is 19.4. The number of carbonyl (C=O) groups excluding carboxylic acids is 1. The van der Waals surface area contributed by atoms with Gasteiger partial charge in [0.05, 0.1) is 0 Å². The fraction of sp³-hybridized carbons (Fsp3) is 0.640. The van der Waals surface area contributed by atoms with Gasteiger partial charge >= 0.3 is 36.4 Å². The van der Waals surface area contributed by atoms with Crippen molar-refractivity contribution in [3.8, 4) is 0 Å². The van der Waals surface area contributed by atoms with Crippen molar-refractivity contribution in [2.24, 2.45) is 0 Å². The first-order chi connectivity index (χ1) is 20.4. The van der Waals surface area contributed by atoms with E-state index < -0.39 is 36.4 Å². The van der Waals surface area contributed by atoms with E-state index in [4.69, 9.17) is 29.7 Å². The number of aliphatic carboxylic acids is 3. The van der Waals surface area contributed by atoms with Gasteiger partial charge in [0.15, 0.2) is 0 Å². The maximum absolute atomic E-state index is 12.4. The summed E-state index contributed by atoms with van der Waals surface area (Å²) in [6.07, 6.45) is -6.26. The first-order valence-corrected chi connectivity index (χ1v) is 12.9. The van der Waals surface area contributed by atoms with Crippen molar-refractivity contribution in [3.05, 3.63) is 30.1 Å². The van der Waals surface area contributed by atoms with Crippen LogP contribution in [0.4, 0.5) is 39.5 Å². The molecule has 1 aromatic rings. The molecule has 2 saturated heterocycles. The monoisotopic (exact) mass is 672 g/mol. The Morgan fingerprint density at radius 3 is 1.76 bits per heavy atom. The standard InChI is InChI=1S/C19H30N4O.3C2HF3O2/c1-21(2)13-14-23-18(24)6-8-19(23)7-4-11-22(12-9-19)16-17-5-3-10-20-15-17;3*3-2(4,5)1(6)7/h3,5,10,15H,4,6-9,11-14,16H2,1-2H3;3*(H,6,7). The van der Waals surface area contributed by atoms with Crippen LogP contribution < -0.4 is 0 Å². The molecule has 1 spiro atoms. The van der Waals surface area contributed by atoms with E-state index >= 15 is 0 Å². The van der Waals surface area contributed by atoms with Crippen LogP contribution in [0.15, 0.2) is 24.5 Å². The minimum Gasteiger partial charge on any atom is -0.475 e. The summed E-state index contributed by atoms with van der Waals surface area (Å²) in [7, 11) is 4.16. The second-order valence-electron chi connectivity index (χ2n) is 9.97. The van der Waals surface area contributed by atoms with Crippen LogP contribution >= 0.6 is 0 Å². The second kappa shape index (κ2) is 17.7. The number of likely N-dealkylation sites (tertiary alicyclic amines) is 2. The lowest BCUT2D eigenvalue weighted by Gasteiger charge is -2.39. The van der Waals surface area contributed by atoms with Crippen molar-refractivity contribution in [3.63, 3.8) is 0 Å². The summed E-state index contributed by atoms with van der Waals surface area (Å²) in [5, 5.41) is 21.4. The fourth-order valence-corrected chi connectivity index (χ4v) is 4.20. The molecule has 11 nitrogen and oxygen atoms in total. The predicted molar refractivity (Wildman–Crippen MR) is 137 cm³/mol. The Bertz CT molecular complexity index is 1040. The van der Waals surface area contributed by atoms with E-state index in [1.54, 1.807) is 0 Å². The van der Waals surface area contributed by atoms with E-state index in [0.717, 1.165) is 58.4 Å². The number of halogens is 9. The van der Waals surface area contributed by atoms with Crippen molar-refractivity contribution in [2.45, 2.75) is 62.7 Å². The van der Waals surface area contributed by atoms with Gasteiger partial charge in [-0.25, -0.2) is 14.4 Å². The van der Waals surface area contributed by atoms with Crippen molar-refractivity contribution < 1.29 is 74.0 Å². The van der Waals surface area contributed by atoms with Gasteiger partial charge in [0, 0.05) is 50.5 Å². The number of hydrogen-bond donors (Lipinski definition) is 3. The topological polar surface area (TPSA) is 152 Å². The summed E-state index contributed by atoms with van der Waals surface area (Å²) in [6.45, 7) is 4.98. The highest BCUT2D eigenvalue weighted by Gasteiger charge is 2.45. The number of hydrogen-bond acceptors (Lipinski definition) is 7. The van der Waals surface area contributed by atoms with Crippen LogP contribution in [0.1, 0.15) is 37.7 Å². The van der Waals surface area contributed by atoms with Gasteiger partial charge in [-0.3, -0.25) is 14.7 Å².